The molecule has 0 saturated carbocycles. The minimum Gasteiger partial charge on any atom is -1.00 e. The second-order valence-corrected chi connectivity index (χ2v) is 4.36. The molecule has 0 atom stereocenters. The van der Waals surface area contributed by atoms with Crippen molar-refractivity contribution < 1.29 is 30.9 Å². The lowest BCUT2D eigenvalue weighted by Crippen LogP contribution is -3.00. The van der Waals surface area contributed by atoms with Crippen molar-refractivity contribution in [2.45, 2.75) is 13.0 Å². The molecule has 3 rings (SSSR count). The molecule has 0 aromatic heterocycles. The molecule has 0 aliphatic carbocycles. The van der Waals surface area contributed by atoms with Crippen molar-refractivity contribution in [2.24, 2.45) is 0 Å². The number of ether oxygens (including phenoxy) is 2. The number of rotatable bonds is 2. The first kappa shape index (κ1) is 12.0. The molecule has 2 heterocycles. The van der Waals surface area contributed by atoms with Crippen LogP contribution in [-0.4, -0.2) is 37.2 Å². The van der Waals surface area contributed by atoms with E-state index >= 15 is 0 Å². The van der Waals surface area contributed by atoms with Crippen molar-refractivity contribution >= 4 is 0 Å². The highest BCUT2D eigenvalue weighted by molar-refractivity contribution is 5.13. The summed E-state index contributed by atoms with van der Waals surface area (Å²) in [7, 11) is 0. The molecule has 2 aliphatic rings. The van der Waals surface area contributed by atoms with E-state index in [1.807, 2.05) is 0 Å². The summed E-state index contributed by atoms with van der Waals surface area (Å²) in [5.41, 5.74) is 1.37. The van der Waals surface area contributed by atoms with Gasteiger partial charge in [0.1, 0.15) is 32.8 Å². The number of halogens is 1. The van der Waals surface area contributed by atoms with Gasteiger partial charge in [-0.05, 0) is 0 Å². The van der Waals surface area contributed by atoms with Crippen LogP contribution < -0.4 is 17.0 Å². The Morgan fingerprint density at radius 1 is 1.06 bits per heavy atom. The van der Waals surface area contributed by atoms with Gasteiger partial charge < -0.3 is 17.0 Å². The van der Waals surface area contributed by atoms with Crippen LogP contribution in [0.2, 0.25) is 0 Å². The maximum absolute atomic E-state index is 5.60. The van der Waals surface area contributed by atoms with Crippen LogP contribution in [0.4, 0.5) is 0 Å². The zero-order chi connectivity index (χ0) is 10.1. The summed E-state index contributed by atoms with van der Waals surface area (Å²) in [5, 5.41) is 0. The standard InChI is InChI=1S/C12H16NO2.BrH/c1-2-4-11(5-3-1)10-13-6-8-14-12(13)15-9-7-13;/h1-5,12H,6-10H2;1H/q+1;/p-1. The van der Waals surface area contributed by atoms with Gasteiger partial charge in [0.15, 0.2) is 0 Å². The maximum Gasteiger partial charge on any atom is 0.309 e. The Bertz CT molecular complexity index is 334. The van der Waals surface area contributed by atoms with Gasteiger partial charge >= 0.3 is 6.41 Å². The molecular weight excluding hydrogens is 270 g/mol. The van der Waals surface area contributed by atoms with Gasteiger partial charge in [-0.3, -0.25) is 14.0 Å². The van der Waals surface area contributed by atoms with E-state index in [4.69, 9.17) is 9.47 Å². The highest BCUT2D eigenvalue weighted by atomic mass is 79.9. The van der Waals surface area contributed by atoms with Gasteiger partial charge in [0.25, 0.3) is 0 Å². The third-order valence-electron chi connectivity index (χ3n) is 3.38. The molecule has 0 unspecified atom stereocenters. The number of fused-ring (bicyclic) bond motifs is 1. The largest absolute Gasteiger partial charge is 1.00 e. The average molecular weight is 286 g/mol. The molecule has 2 saturated heterocycles. The van der Waals surface area contributed by atoms with E-state index in [0.717, 1.165) is 37.3 Å². The van der Waals surface area contributed by atoms with Crippen molar-refractivity contribution in [3.8, 4) is 0 Å². The quantitative estimate of drug-likeness (QED) is 0.607. The van der Waals surface area contributed by atoms with Gasteiger partial charge in [-0.2, -0.15) is 0 Å². The van der Waals surface area contributed by atoms with E-state index in [-0.39, 0.29) is 23.4 Å². The molecule has 4 heteroatoms. The molecule has 0 N–H and O–H groups in total. The summed E-state index contributed by atoms with van der Waals surface area (Å²) < 4.78 is 12.2. The summed E-state index contributed by atoms with van der Waals surface area (Å²) >= 11 is 0. The Labute approximate surface area is 106 Å². The summed E-state index contributed by atoms with van der Waals surface area (Å²) in [4.78, 5) is 0. The first-order valence-corrected chi connectivity index (χ1v) is 5.52. The highest BCUT2D eigenvalue weighted by Crippen LogP contribution is 2.30. The molecular formula is C12H16BrNO2. The zero-order valence-corrected chi connectivity index (χ0v) is 10.7. The normalized spacial score (nSPS) is 32.1. The van der Waals surface area contributed by atoms with Crippen molar-refractivity contribution in [3.05, 3.63) is 35.9 Å². The molecule has 0 spiro atoms. The monoisotopic (exact) mass is 285 g/mol. The predicted octanol–water partition coefficient (Wildman–Crippen LogP) is -1.65. The van der Waals surface area contributed by atoms with Gasteiger partial charge in [0.05, 0.1) is 0 Å². The van der Waals surface area contributed by atoms with Crippen molar-refractivity contribution in [1.29, 1.82) is 0 Å². The highest BCUT2D eigenvalue weighted by Gasteiger charge is 2.48. The van der Waals surface area contributed by atoms with E-state index < -0.39 is 0 Å². The third-order valence-corrected chi connectivity index (χ3v) is 3.38. The molecule has 0 radical (unpaired) electrons. The summed E-state index contributed by atoms with van der Waals surface area (Å²) in [6.07, 6.45) is -0.00907. The van der Waals surface area contributed by atoms with Gasteiger partial charge in [-0.15, -0.1) is 0 Å². The van der Waals surface area contributed by atoms with Crippen LogP contribution in [0.1, 0.15) is 5.56 Å². The minimum absolute atomic E-state index is 0. The van der Waals surface area contributed by atoms with Gasteiger partial charge in [-0.1, -0.05) is 30.3 Å². The first-order chi connectivity index (χ1) is 7.39. The van der Waals surface area contributed by atoms with E-state index in [2.05, 4.69) is 30.3 Å². The molecule has 0 amide bonds. The first-order valence-electron chi connectivity index (χ1n) is 5.52. The fourth-order valence-electron chi connectivity index (χ4n) is 2.54. The van der Waals surface area contributed by atoms with Crippen LogP contribution in [0.15, 0.2) is 30.3 Å². The van der Waals surface area contributed by atoms with Crippen LogP contribution in [0.25, 0.3) is 0 Å². The van der Waals surface area contributed by atoms with Crippen molar-refractivity contribution in [3.63, 3.8) is 0 Å². The lowest BCUT2D eigenvalue weighted by atomic mass is 10.2. The molecule has 16 heavy (non-hydrogen) atoms. The molecule has 1 aromatic rings. The number of benzene rings is 1. The van der Waals surface area contributed by atoms with Gasteiger partial charge in [0.2, 0.25) is 0 Å². The predicted molar refractivity (Wildman–Crippen MR) is 55.8 cm³/mol. The second kappa shape index (κ2) is 4.84. The Hall–Kier alpha value is -0.420. The van der Waals surface area contributed by atoms with Gasteiger partial charge in [0, 0.05) is 5.56 Å². The SMILES string of the molecule is [Br-].c1ccc(C[N+]23CCOC2OCC3)cc1. The molecule has 3 nitrogen and oxygen atoms in total. The van der Waals surface area contributed by atoms with E-state index in [1.54, 1.807) is 0 Å². The average Bonchev–Trinajstić information content (AvgIpc) is 2.78. The number of hydrogen-bond acceptors (Lipinski definition) is 2. The minimum atomic E-state index is -0.00907. The summed E-state index contributed by atoms with van der Waals surface area (Å²) in [5.74, 6) is 0. The van der Waals surface area contributed by atoms with Crippen LogP contribution in [0.3, 0.4) is 0 Å². The smallest absolute Gasteiger partial charge is 0.309 e. The summed E-state index contributed by atoms with van der Waals surface area (Å²) in [6.45, 7) is 4.86. The van der Waals surface area contributed by atoms with Crippen LogP contribution >= 0.6 is 0 Å². The Balaban J connectivity index is 0.000000963. The lowest BCUT2D eigenvalue weighted by molar-refractivity contribution is -0.962. The van der Waals surface area contributed by atoms with Crippen molar-refractivity contribution in [1.82, 2.24) is 0 Å². The fourth-order valence-corrected chi connectivity index (χ4v) is 2.54. The maximum atomic E-state index is 5.60. The topological polar surface area (TPSA) is 18.5 Å². The second-order valence-electron chi connectivity index (χ2n) is 4.36. The van der Waals surface area contributed by atoms with Crippen LogP contribution in [0, 0.1) is 0 Å². The summed E-state index contributed by atoms with van der Waals surface area (Å²) in [6, 6.07) is 10.6. The number of hydrogen-bond donors (Lipinski definition) is 0. The molecule has 2 fully saturated rings. The Kier molecular flexibility index (Phi) is 3.64. The van der Waals surface area contributed by atoms with E-state index in [0.29, 0.717) is 0 Å². The fraction of sp³-hybridized carbons (Fsp3) is 0.500. The lowest BCUT2D eigenvalue weighted by Gasteiger charge is -2.30. The Morgan fingerprint density at radius 3 is 2.31 bits per heavy atom. The van der Waals surface area contributed by atoms with Crippen LogP contribution in [0.5, 0.6) is 0 Å². The zero-order valence-electron chi connectivity index (χ0n) is 9.14. The molecule has 2 aliphatic heterocycles. The molecule has 1 aromatic carbocycles. The Morgan fingerprint density at radius 2 is 1.69 bits per heavy atom. The third kappa shape index (κ3) is 2.02. The van der Waals surface area contributed by atoms with Gasteiger partial charge in [-0.25, -0.2) is 0 Å². The van der Waals surface area contributed by atoms with E-state index in [9.17, 15) is 0 Å². The number of quaternary nitrogens is 1. The molecule has 88 valence electrons. The number of nitrogens with zero attached hydrogens (tertiary/aromatic N) is 1. The van der Waals surface area contributed by atoms with E-state index in [1.165, 1.54) is 5.56 Å². The van der Waals surface area contributed by atoms with Crippen LogP contribution in [-0.2, 0) is 16.0 Å². The van der Waals surface area contributed by atoms with Crippen molar-refractivity contribution in [2.75, 3.05) is 26.3 Å². The molecule has 0 bridgehead atoms.